The van der Waals surface area contributed by atoms with Crippen LogP contribution in [0, 0.1) is 0 Å². The molecule has 0 saturated heterocycles. The van der Waals surface area contributed by atoms with Crippen molar-refractivity contribution in [1.82, 2.24) is 10.3 Å². The average molecular weight is 344 g/mol. The Labute approximate surface area is 151 Å². The molecule has 2 aliphatic carbocycles. The lowest BCUT2D eigenvalue weighted by Gasteiger charge is -2.32. The predicted molar refractivity (Wildman–Crippen MR) is 100 cm³/mol. The van der Waals surface area contributed by atoms with E-state index >= 15 is 0 Å². The van der Waals surface area contributed by atoms with Gasteiger partial charge in [-0.2, -0.15) is 0 Å². The molecular weight excluding hydrogens is 312 g/mol. The predicted octanol–water partition coefficient (Wildman–Crippen LogP) is 4.98. The summed E-state index contributed by atoms with van der Waals surface area (Å²) in [5.74, 6) is 1.16. The van der Waals surface area contributed by atoms with Crippen LogP contribution in [0.25, 0.3) is 0 Å². The third kappa shape index (κ3) is 4.74. The van der Waals surface area contributed by atoms with Crippen molar-refractivity contribution in [2.24, 2.45) is 0 Å². The number of amides is 1. The molecule has 1 amide bonds. The molecule has 138 valence electrons. The number of hydrogen-bond donors (Lipinski definition) is 1. The number of pyridine rings is 1. The van der Waals surface area contributed by atoms with Gasteiger partial charge in [-0.3, -0.25) is 4.79 Å². The maximum absolute atomic E-state index is 12.9. The topological polar surface area (TPSA) is 51.2 Å². The number of carbonyl (C=O) groups excluding carboxylic acids is 1. The van der Waals surface area contributed by atoms with E-state index in [1.807, 2.05) is 6.07 Å². The van der Waals surface area contributed by atoms with E-state index in [9.17, 15) is 4.79 Å². The third-order valence-corrected chi connectivity index (χ3v) is 5.93. The molecular formula is C21H32N2O2. The van der Waals surface area contributed by atoms with Crippen LogP contribution in [0.3, 0.4) is 0 Å². The molecule has 4 nitrogen and oxygen atoms in total. The minimum atomic E-state index is -0.115. The molecule has 0 aliphatic heterocycles. The minimum Gasteiger partial charge on any atom is -0.497 e. The number of nitrogens with zero attached hydrogens (tertiary/aromatic N) is 1. The number of aromatic nitrogens is 1. The first-order valence-corrected chi connectivity index (χ1v) is 9.98. The second kappa shape index (κ2) is 8.20. The maximum Gasteiger partial charge on any atom is 0.270 e. The molecule has 2 fully saturated rings. The molecule has 2 saturated carbocycles. The fourth-order valence-corrected chi connectivity index (χ4v) is 4.34. The van der Waals surface area contributed by atoms with Gasteiger partial charge in [0.05, 0.1) is 7.11 Å². The summed E-state index contributed by atoms with van der Waals surface area (Å²) in [4.78, 5) is 17.6. The van der Waals surface area contributed by atoms with E-state index in [1.54, 1.807) is 13.2 Å². The summed E-state index contributed by atoms with van der Waals surface area (Å²) in [5.41, 5.74) is 1.41. The van der Waals surface area contributed by atoms with Crippen LogP contribution < -0.4 is 10.1 Å². The van der Waals surface area contributed by atoms with Crippen molar-refractivity contribution in [2.75, 3.05) is 7.11 Å². The van der Waals surface area contributed by atoms with Gasteiger partial charge in [0.2, 0.25) is 0 Å². The molecule has 1 N–H and O–H groups in total. The number of hydrogen-bond acceptors (Lipinski definition) is 3. The molecule has 0 unspecified atom stereocenters. The van der Waals surface area contributed by atoms with Gasteiger partial charge in [-0.1, -0.05) is 44.9 Å². The zero-order chi connectivity index (χ0) is 17.7. The van der Waals surface area contributed by atoms with E-state index in [4.69, 9.17) is 9.72 Å². The Hall–Kier alpha value is -1.58. The molecule has 0 radical (unpaired) electrons. The van der Waals surface area contributed by atoms with Crippen LogP contribution in [0.4, 0.5) is 0 Å². The first-order valence-electron chi connectivity index (χ1n) is 9.98. The number of carbonyl (C=O) groups is 1. The van der Waals surface area contributed by atoms with Crippen molar-refractivity contribution in [3.05, 3.63) is 23.5 Å². The summed E-state index contributed by atoms with van der Waals surface area (Å²) in [7, 11) is 1.66. The molecule has 1 aromatic rings. The highest BCUT2D eigenvalue weighted by Gasteiger charge is 2.28. The normalized spacial score (nSPS) is 21.4. The van der Waals surface area contributed by atoms with Gasteiger partial charge in [0.15, 0.2) is 0 Å². The first-order chi connectivity index (χ1) is 12.1. The Kier molecular flexibility index (Phi) is 5.98. The molecule has 1 aromatic heterocycles. The lowest BCUT2D eigenvalue weighted by atomic mass is 9.85. The average Bonchev–Trinajstić information content (AvgIpc) is 3.13. The zero-order valence-corrected chi connectivity index (χ0v) is 15.8. The van der Waals surface area contributed by atoms with E-state index in [1.165, 1.54) is 57.8 Å². The zero-order valence-electron chi connectivity index (χ0n) is 15.8. The monoisotopic (exact) mass is 344 g/mol. The summed E-state index contributed by atoms with van der Waals surface area (Å²) >= 11 is 0. The molecule has 2 aliphatic rings. The number of nitrogens with one attached hydrogen (secondary N) is 1. The molecule has 0 spiro atoms. The van der Waals surface area contributed by atoms with Crippen molar-refractivity contribution in [3.63, 3.8) is 0 Å². The fraction of sp³-hybridized carbons (Fsp3) is 0.714. The summed E-state index contributed by atoms with van der Waals surface area (Å²) in [6.45, 7) is 2.19. The minimum absolute atomic E-state index is 0.0544. The van der Waals surface area contributed by atoms with Crippen LogP contribution in [0.1, 0.15) is 99.7 Å². The Morgan fingerprint density at radius 2 is 1.72 bits per heavy atom. The standard InChI is InChI=1S/C21H32N2O2/c1-21(12-8-4-3-5-9-13-21)23-20(24)19-15-17(25-2)14-18(22-19)16-10-6-7-11-16/h14-16H,3-13H2,1-2H3,(H,23,24). The Morgan fingerprint density at radius 3 is 2.36 bits per heavy atom. The van der Waals surface area contributed by atoms with Gasteiger partial charge in [0.1, 0.15) is 11.4 Å². The molecule has 3 rings (SSSR count). The van der Waals surface area contributed by atoms with Crippen LogP contribution in [0.2, 0.25) is 0 Å². The largest absolute Gasteiger partial charge is 0.497 e. The van der Waals surface area contributed by atoms with Crippen LogP contribution in [0.15, 0.2) is 12.1 Å². The van der Waals surface area contributed by atoms with E-state index in [0.717, 1.165) is 24.3 Å². The van der Waals surface area contributed by atoms with Crippen molar-refractivity contribution in [2.45, 2.75) is 89.0 Å². The quantitative estimate of drug-likeness (QED) is 0.838. The van der Waals surface area contributed by atoms with Gasteiger partial charge in [-0.05, 0) is 32.6 Å². The SMILES string of the molecule is COc1cc(C(=O)NC2(C)CCCCCCC2)nc(C2CCCC2)c1. The maximum atomic E-state index is 12.9. The van der Waals surface area contributed by atoms with Crippen LogP contribution in [-0.4, -0.2) is 23.5 Å². The van der Waals surface area contributed by atoms with Gasteiger partial charge < -0.3 is 10.1 Å². The molecule has 25 heavy (non-hydrogen) atoms. The molecule has 0 bridgehead atoms. The van der Waals surface area contributed by atoms with Crippen LogP contribution in [-0.2, 0) is 0 Å². The molecule has 1 heterocycles. The second-order valence-corrected chi connectivity index (χ2v) is 8.08. The summed E-state index contributed by atoms with van der Waals surface area (Å²) in [5, 5.41) is 3.29. The summed E-state index contributed by atoms with van der Waals surface area (Å²) in [6.07, 6.45) is 13.2. The number of rotatable bonds is 4. The lowest BCUT2D eigenvalue weighted by Crippen LogP contribution is -2.46. The van der Waals surface area contributed by atoms with Gasteiger partial charge in [-0.25, -0.2) is 4.98 Å². The lowest BCUT2D eigenvalue weighted by molar-refractivity contribution is 0.0884. The highest BCUT2D eigenvalue weighted by Crippen LogP contribution is 2.34. The molecule has 0 atom stereocenters. The number of ether oxygens (including phenoxy) is 1. The van der Waals surface area contributed by atoms with Gasteiger partial charge >= 0.3 is 0 Å². The van der Waals surface area contributed by atoms with E-state index < -0.39 is 0 Å². The Balaban J connectivity index is 1.77. The van der Waals surface area contributed by atoms with Crippen molar-refractivity contribution in [1.29, 1.82) is 0 Å². The number of methoxy groups -OCH3 is 1. The highest BCUT2D eigenvalue weighted by atomic mass is 16.5. The first kappa shape index (κ1) is 18.2. The third-order valence-electron chi connectivity index (χ3n) is 5.93. The molecule has 0 aromatic carbocycles. The van der Waals surface area contributed by atoms with Crippen LogP contribution in [0.5, 0.6) is 5.75 Å². The smallest absolute Gasteiger partial charge is 0.270 e. The van der Waals surface area contributed by atoms with E-state index in [2.05, 4.69) is 12.2 Å². The van der Waals surface area contributed by atoms with Crippen molar-refractivity contribution < 1.29 is 9.53 Å². The Morgan fingerprint density at radius 1 is 1.08 bits per heavy atom. The van der Waals surface area contributed by atoms with Gasteiger partial charge in [0, 0.05) is 29.3 Å². The van der Waals surface area contributed by atoms with E-state index in [0.29, 0.717) is 11.6 Å². The van der Waals surface area contributed by atoms with Gasteiger partial charge in [-0.15, -0.1) is 0 Å². The fourth-order valence-electron chi connectivity index (χ4n) is 4.34. The van der Waals surface area contributed by atoms with Crippen molar-refractivity contribution >= 4 is 5.91 Å². The second-order valence-electron chi connectivity index (χ2n) is 8.08. The van der Waals surface area contributed by atoms with Crippen LogP contribution >= 0.6 is 0 Å². The Bertz CT molecular complexity index is 586. The summed E-state index contributed by atoms with van der Waals surface area (Å²) < 4.78 is 5.44. The van der Waals surface area contributed by atoms with Gasteiger partial charge in [0.25, 0.3) is 5.91 Å². The van der Waals surface area contributed by atoms with E-state index in [-0.39, 0.29) is 11.4 Å². The molecule has 4 heteroatoms. The summed E-state index contributed by atoms with van der Waals surface area (Å²) in [6, 6.07) is 3.78. The van der Waals surface area contributed by atoms with Crippen molar-refractivity contribution in [3.8, 4) is 5.75 Å². The highest BCUT2D eigenvalue weighted by molar-refractivity contribution is 5.93.